The van der Waals surface area contributed by atoms with Gasteiger partial charge in [-0.15, -0.1) is 0 Å². The quantitative estimate of drug-likeness (QED) is 0.582. The number of nitrogens with zero attached hydrogens (tertiary/aromatic N) is 1. The second-order valence-corrected chi connectivity index (χ2v) is 5.91. The Kier molecular flexibility index (Phi) is 6.32. The molecule has 7 nitrogen and oxygen atoms in total. The number of benzene rings is 2. The minimum Gasteiger partial charge on any atom is -0.494 e. The molecule has 0 fully saturated rings. The van der Waals surface area contributed by atoms with Crippen LogP contribution in [0.15, 0.2) is 42.5 Å². The Hall–Kier alpha value is -2.64. The molecule has 0 unspecified atom stereocenters. The van der Waals surface area contributed by atoms with Gasteiger partial charge in [0.15, 0.2) is 6.54 Å². The summed E-state index contributed by atoms with van der Waals surface area (Å²) in [6, 6.07) is 11.6. The number of hydrogen-bond acceptors (Lipinski definition) is 4. The van der Waals surface area contributed by atoms with Crippen LogP contribution >= 0.6 is 11.6 Å². The number of methoxy groups -OCH3 is 1. The van der Waals surface area contributed by atoms with Crippen molar-refractivity contribution < 1.29 is 19.8 Å². The highest BCUT2D eigenvalue weighted by atomic mass is 35.5. The number of halogens is 1. The highest BCUT2D eigenvalue weighted by Gasteiger charge is 2.16. The molecule has 132 valence electrons. The third-order valence-corrected chi connectivity index (χ3v) is 3.94. The van der Waals surface area contributed by atoms with E-state index < -0.39 is 4.92 Å². The minimum absolute atomic E-state index is 0.0585. The van der Waals surface area contributed by atoms with E-state index in [-0.39, 0.29) is 29.9 Å². The summed E-state index contributed by atoms with van der Waals surface area (Å²) in [5.41, 5.74) is 1.31. The second kappa shape index (κ2) is 8.46. The van der Waals surface area contributed by atoms with E-state index in [0.29, 0.717) is 10.7 Å². The maximum Gasteiger partial charge on any atom is 0.279 e. The lowest BCUT2D eigenvalue weighted by Gasteiger charge is -2.13. The SMILES string of the molecule is COc1cc([N+](=O)[O-])ccc1NC(=O)C[NH2+][C@@H](C)c1cccc(Cl)c1. The number of carbonyl (C=O) groups excluding carboxylic acids is 1. The largest absolute Gasteiger partial charge is 0.494 e. The van der Waals surface area contributed by atoms with Crippen molar-refractivity contribution in [2.75, 3.05) is 19.0 Å². The first-order chi connectivity index (χ1) is 11.9. The van der Waals surface area contributed by atoms with Gasteiger partial charge in [0, 0.05) is 16.7 Å². The van der Waals surface area contributed by atoms with Crippen LogP contribution in [0.1, 0.15) is 18.5 Å². The molecule has 0 saturated carbocycles. The first kappa shape index (κ1) is 18.7. The van der Waals surface area contributed by atoms with E-state index in [1.165, 1.54) is 25.3 Å². The number of ether oxygens (including phenoxy) is 1. The molecule has 2 rings (SSSR count). The van der Waals surface area contributed by atoms with Crippen LogP contribution in [0.3, 0.4) is 0 Å². The molecule has 0 radical (unpaired) electrons. The maximum absolute atomic E-state index is 12.1. The van der Waals surface area contributed by atoms with E-state index in [1.54, 1.807) is 6.07 Å². The summed E-state index contributed by atoms with van der Waals surface area (Å²) in [4.78, 5) is 22.4. The fraction of sp³-hybridized carbons (Fsp3) is 0.235. The summed E-state index contributed by atoms with van der Waals surface area (Å²) >= 11 is 5.97. The fourth-order valence-electron chi connectivity index (χ4n) is 2.31. The molecule has 0 spiro atoms. The summed E-state index contributed by atoms with van der Waals surface area (Å²) in [5.74, 6) is 0.00599. The van der Waals surface area contributed by atoms with Gasteiger partial charge in [-0.2, -0.15) is 0 Å². The number of carbonyl (C=O) groups is 1. The van der Waals surface area contributed by atoms with Crippen LogP contribution in [0, 0.1) is 10.1 Å². The number of amides is 1. The van der Waals surface area contributed by atoms with Crippen LogP contribution in [0.25, 0.3) is 0 Å². The molecule has 1 amide bonds. The molecule has 0 aliphatic carbocycles. The highest BCUT2D eigenvalue weighted by Crippen LogP contribution is 2.28. The fourth-order valence-corrected chi connectivity index (χ4v) is 2.51. The minimum atomic E-state index is -0.519. The molecule has 8 heteroatoms. The first-order valence-corrected chi connectivity index (χ1v) is 7.99. The van der Waals surface area contributed by atoms with Gasteiger partial charge in [0.1, 0.15) is 11.8 Å². The normalized spacial score (nSPS) is 11.6. The molecule has 1 atom stereocenters. The molecule has 3 N–H and O–H groups in total. The number of non-ortho nitro benzene ring substituents is 1. The molecule has 25 heavy (non-hydrogen) atoms. The number of nitrogens with one attached hydrogen (secondary N) is 1. The Morgan fingerprint density at radius 2 is 2.12 bits per heavy atom. The van der Waals surface area contributed by atoms with E-state index >= 15 is 0 Å². The third kappa shape index (κ3) is 5.17. The topological polar surface area (TPSA) is 98.1 Å². The predicted molar refractivity (Wildman–Crippen MR) is 94.9 cm³/mol. The average molecular weight is 365 g/mol. The van der Waals surface area contributed by atoms with Gasteiger partial charge in [0.05, 0.1) is 23.8 Å². The van der Waals surface area contributed by atoms with Crippen molar-refractivity contribution in [2.24, 2.45) is 0 Å². The predicted octanol–water partition coefficient (Wildman–Crippen LogP) is 2.52. The van der Waals surface area contributed by atoms with Crippen molar-refractivity contribution in [1.82, 2.24) is 0 Å². The smallest absolute Gasteiger partial charge is 0.279 e. The van der Waals surface area contributed by atoms with Gasteiger partial charge in [0.25, 0.3) is 11.6 Å². The number of hydrogen-bond donors (Lipinski definition) is 2. The Morgan fingerprint density at radius 1 is 1.36 bits per heavy atom. The third-order valence-electron chi connectivity index (χ3n) is 3.70. The molecule has 2 aromatic carbocycles. The molecular formula is C17H19ClN3O4+. The zero-order valence-corrected chi connectivity index (χ0v) is 14.6. The van der Waals surface area contributed by atoms with E-state index in [4.69, 9.17) is 16.3 Å². The summed E-state index contributed by atoms with van der Waals surface area (Å²) in [5, 5.41) is 16.0. The Morgan fingerprint density at radius 3 is 2.76 bits per heavy atom. The van der Waals surface area contributed by atoms with Crippen molar-refractivity contribution in [3.8, 4) is 5.75 Å². The number of rotatable bonds is 7. The number of anilines is 1. The van der Waals surface area contributed by atoms with Crippen LogP contribution in [0.2, 0.25) is 5.02 Å². The van der Waals surface area contributed by atoms with Crippen LogP contribution in [-0.4, -0.2) is 24.5 Å². The first-order valence-electron chi connectivity index (χ1n) is 7.61. The summed E-state index contributed by atoms with van der Waals surface area (Å²) in [6.07, 6.45) is 0. The standard InChI is InChI=1S/C17H18ClN3O4/c1-11(12-4-3-5-13(18)8-12)19-10-17(22)20-15-7-6-14(21(23)24)9-16(15)25-2/h3-9,11,19H,10H2,1-2H3,(H,20,22)/p+1/t11-/m0/s1. The van der Waals surface area contributed by atoms with Crippen molar-refractivity contribution in [1.29, 1.82) is 0 Å². The molecule has 0 aliphatic rings. The lowest BCUT2D eigenvalue weighted by Crippen LogP contribution is -2.86. The van der Waals surface area contributed by atoms with Crippen LogP contribution in [-0.2, 0) is 4.79 Å². The Labute approximate surface area is 150 Å². The number of nitro benzene ring substituents is 1. The molecule has 0 bridgehead atoms. The van der Waals surface area contributed by atoms with Gasteiger partial charge in [-0.3, -0.25) is 14.9 Å². The molecule has 0 aliphatic heterocycles. The van der Waals surface area contributed by atoms with Gasteiger partial charge in [-0.1, -0.05) is 23.7 Å². The zero-order chi connectivity index (χ0) is 18.4. The number of nitrogens with two attached hydrogens (primary N) is 1. The Balaban J connectivity index is 1.97. The Bertz CT molecular complexity index is 782. The molecule has 0 heterocycles. The number of quaternary nitrogens is 1. The van der Waals surface area contributed by atoms with Crippen LogP contribution < -0.4 is 15.4 Å². The zero-order valence-electron chi connectivity index (χ0n) is 13.9. The van der Waals surface area contributed by atoms with Gasteiger partial charge in [0.2, 0.25) is 0 Å². The summed E-state index contributed by atoms with van der Waals surface area (Å²) in [6.45, 7) is 2.17. The molecular weight excluding hydrogens is 346 g/mol. The van der Waals surface area contributed by atoms with E-state index in [2.05, 4.69) is 5.32 Å². The highest BCUT2D eigenvalue weighted by molar-refractivity contribution is 6.30. The van der Waals surface area contributed by atoms with E-state index in [0.717, 1.165) is 5.56 Å². The average Bonchev–Trinajstić information content (AvgIpc) is 2.59. The van der Waals surface area contributed by atoms with Crippen LogP contribution in [0.5, 0.6) is 5.75 Å². The second-order valence-electron chi connectivity index (χ2n) is 5.47. The maximum atomic E-state index is 12.1. The molecule has 0 saturated heterocycles. The monoisotopic (exact) mass is 364 g/mol. The van der Waals surface area contributed by atoms with Gasteiger partial charge >= 0.3 is 0 Å². The van der Waals surface area contributed by atoms with E-state index in [9.17, 15) is 14.9 Å². The summed E-state index contributed by atoms with van der Waals surface area (Å²) in [7, 11) is 1.39. The van der Waals surface area contributed by atoms with Crippen molar-refractivity contribution in [2.45, 2.75) is 13.0 Å². The van der Waals surface area contributed by atoms with Crippen molar-refractivity contribution in [3.63, 3.8) is 0 Å². The van der Waals surface area contributed by atoms with Crippen LogP contribution in [0.4, 0.5) is 11.4 Å². The summed E-state index contributed by atoms with van der Waals surface area (Å²) < 4.78 is 5.10. The van der Waals surface area contributed by atoms with E-state index in [1.807, 2.05) is 30.4 Å². The molecule has 2 aromatic rings. The van der Waals surface area contributed by atoms with Gasteiger partial charge in [-0.25, -0.2) is 0 Å². The lowest BCUT2D eigenvalue weighted by atomic mass is 10.1. The molecule has 0 aromatic heterocycles. The van der Waals surface area contributed by atoms with Crippen molar-refractivity contribution >= 4 is 28.9 Å². The van der Waals surface area contributed by atoms with Gasteiger partial charge in [-0.05, 0) is 25.1 Å². The number of nitro groups is 1. The van der Waals surface area contributed by atoms with Crippen molar-refractivity contribution in [3.05, 3.63) is 63.2 Å². The lowest BCUT2D eigenvalue weighted by molar-refractivity contribution is -0.682. The van der Waals surface area contributed by atoms with Gasteiger partial charge < -0.3 is 15.4 Å².